The number of fused-ring (bicyclic) bond motifs is 6. The van der Waals surface area contributed by atoms with Crippen LogP contribution in [0.15, 0.2) is 229 Å². The van der Waals surface area contributed by atoms with Gasteiger partial charge < -0.3 is 9.32 Å². The van der Waals surface area contributed by atoms with Gasteiger partial charge in [-0.1, -0.05) is 164 Å². The zero-order valence-electron chi connectivity index (χ0n) is 31.7. The molecule has 0 N–H and O–H groups in total. The maximum Gasteiger partial charge on any atom is 0.136 e. The normalized spacial score (nSPS) is 11.4. The zero-order valence-corrected chi connectivity index (χ0v) is 31.7. The molecule has 11 rings (SSSR count). The van der Waals surface area contributed by atoms with E-state index in [2.05, 4.69) is 217 Å². The minimum absolute atomic E-state index is 0.914. The summed E-state index contributed by atoms with van der Waals surface area (Å²) in [6.45, 7) is 0. The number of para-hydroxylation sites is 1. The minimum atomic E-state index is 0.914. The SMILES string of the molecule is c1ccc(-c2cccc(N(c3ccc(-c4ccc5ccccc5c4)cc3)c3ccc(-c4ccc5c(ccc6oc7ccccc7c65)c4)c(-c4ccccc4)c3)c2)cc1. The molecule has 0 unspecified atom stereocenters. The van der Waals surface area contributed by atoms with Gasteiger partial charge in [0, 0.05) is 27.8 Å². The molecular weight excluding hydrogens is 703 g/mol. The van der Waals surface area contributed by atoms with E-state index in [9.17, 15) is 0 Å². The Morgan fingerprint density at radius 3 is 1.72 bits per heavy atom. The highest BCUT2D eigenvalue weighted by Gasteiger charge is 2.18. The van der Waals surface area contributed by atoms with Crippen LogP contribution in [0, 0.1) is 0 Å². The van der Waals surface area contributed by atoms with Crippen LogP contribution < -0.4 is 4.90 Å². The minimum Gasteiger partial charge on any atom is -0.456 e. The molecule has 272 valence electrons. The second kappa shape index (κ2) is 14.1. The molecule has 1 aromatic heterocycles. The zero-order chi connectivity index (χ0) is 38.4. The van der Waals surface area contributed by atoms with Crippen LogP contribution in [0.1, 0.15) is 0 Å². The summed E-state index contributed by atoms with van der Waals surface area (Å²) in [6, 6.07) is 80.8. The first-order valence-electron chi connectivity index (χ1n) is 19.8. The van der Waals surface area contributed by atoms with Crippen molar-refractivity contribution >= 4 is 60.5 Å². The predicted octanol–water partition coefficient (Wildman–Crippen LogP) is 16.0. The van der Waals surface area contributed by atoms with Gasteiger partial charge in [-0.15, -0.1) is 0 Å². The van der Waals surface area contributed by atoms with Gasteiger partial charge in [-0.05, 0) is 127 Å². The number of rotatable bonds is 7. The summed E-state index contributed by atoms with van der Waals surface area (Å²) in [5.74, 6) is 0. The first-order chi connectivity index (χ1) is 28.7. The van der Waals surface area contributed by atoms with E-state index in [0.29, 0.717) is 0 Å². The van der Waals surface area contributed by atoms with Crippen molar-refractivity contribution in [3.63, 3.8) is 0 Å². The van der Waals surface area contributed by atoms with Crippen molar-refractivity contribution in [1.29, 1.82) is 0 Å². The van der Waals surface area contributed by atoms with Crippen molar-refractivity contribution in [3.8, 4) is 44.5 Å². The Bertz CT molecular complexity index is 3270. The summed E-state index contributed by atoms with van der Waals surface area (Å²) in [7, 11) is 0. The van der Waals surface area contributed by atoms with Crippen LogP contribution >= 0.6 is 0 Å². The fourth-order valence-corrected chi connectivity index (χ4v) is 8.57. The van der Waals surface area contributed by atoms with Gasteiger partial charge in [0.1, 0.15) is 11.2 Å². The Labute approximate surface area is 337 Å². The molecule has 10 aromatic carbocycles. The molecule has 58 heavy (non-hydrogen) atoms. The highest BCUT2D eigenvalue weighted by molar-refractivity contribution is 6.19. The summed E-state index contributed by atoms with van der Waals surface area (Å²) in [6.07, 6.45) is 0. The molecule has 0 saturated carbocycles. The third-order valence-corrected chi connectivity index (χ3v) is 11.4. The molecule has 0 amide bonds. The van der Waals surface area contributed by atoms with Crippen LogP contribution in [-0.2, 0) is 0 Å². The van der Waals surface area contributed by atoms with Crippen LogP contribution in [0.2, 0.25) is 0 Å². The average molecular weight is 740 g/mol. The van der Waals surface area contributed by atoms with Crippen molar-refractivity contribution in [2.24, 2.45) is 0 Å². The Kier molecular flexibility index (Phi) is 8.19. The lowest BCUT2D eigenvalue weighted by Crippen LogP contribution is -2.10. The molecule has 0 bridgehead atoms. The summed E-state index contributed by atoms with van der Waals surface area (Å²) < 4.78 is 6.23. The lowest BCUT2D eigenvalue weighted by molar-refractivity contribution is 0.669. The third-order valence-electron chi connectivity index (χ3n) is 11.4. The molecule has 0 saturated heterocycles. The second-order valence-corrected chi connectivity index (χ2v) is 14.9. The highest BCUT2D eigenvalue weighted by atomic mass is 16.3. The Balaban J connectivity index is 1.06. The molecule has 0 atom stereocenters. The van der Waals surface area contributed by atoms with E-state index >= 15 is 0 Å². The molecule has 11 aromatic rings. The predicted molar refractivity (Wildman–Crippen MR) is 245 cm³/mol. The smallest absolute Gasteiger partial charge is 0.136 e. The standard InChI is InChI=1S/C56H37NO/c1-3-12-38(13-4-1)43-18-11-19-48(36-43)57(47-28-24-40(25-29-47)44-23-22-39-14-7-8-17-42(39)34-44)49-30-32-50(53(37-49)41-15-5-2-6-16-41)45-26-31-51-46(35-45)27-33-55-56(51)52-20-9-10-21-54(52)58-55/h1-37H. The Morgan fingerprint density at radius 2 is 0.879 bits per heavy atom. The number of benzene rings is 10. The first kappa shape index (κ1) is 33.6. The Morgan fingerprint density at radius 1 is 0.276 bits per heavy atom. The van der Waals surface area contributed by atoms with Crippen LogP contribution in [0.4, 0.5) is 17.1 Å². The van der Waals surface area contributed by atoms with Crippen LogP contribution in [-0.4, -0.2) is 0 Å². The molecule has 0 aliphatic rings. The molecular formula is C56H37NO. The van der Waals surface area contributed by atoms with Gasteiger partial charge in [0.05, 0.1) is 0 Å². The number of anilines is 3. The van der Waals surface area contributed by atoms with Crippen LogP contribution in [0.5, 0.6) is 0 Å². The molecule has 0 aliphatic heterocycles. The number of nitrogens with zero attached hydrogens (tertiary/aromatic N) is 1. The molecule has 0 fully saturated rings. The maximum absolute atomic E-state index is 6.23. The van der Waals surface area contributed by atoms with Crippen LogP contribution in [0.25, 0.3) is 88.0 Å². The molecule has 2 nitrogen and oxygen atoms in total. The molecule has 1 heterocycles. The summed E-state index contributed by atoms with van der Waals surface area (Å²) >= 11 is 0. The number of hydrogen-bond acceptors (Lipinski definition) is 2. The largest absolute Gasteiger partial charge is 0.456 e. The van der Waals surface area contributed by atoms with Crippen molar-refractivity contribution in [2.75, 3.05) is 4.90 Å². The lowest BCUT2D eigenvalue weighted by atomic mass is 9.91. The van der Waals surface area contributed by atoms with E-state index < -0.39 is 0 Å². The highest BCUT2D eigenvalue weighted by Crippen LogP contribution is 2.43. The lowest BCUT2D eigenvalue weighted by Gasteiger charge is -2.27. The number of furan rings is 1. The fourth-order valence-electron chi connectivity index (χ4n) is 8.57. The monoisotopic (exact) mass is 739 g/mol. The van der Waals surface area contributed by atoms with Crippen molar-refractivity contribution < 1.29 is 4.42 Å². The van der Waals surface area contributed by atoms with Gasteiger partial charge in [-0.25, -0.2) is 0 Å². The average Bonchev–Trinajstić information content (AvgIpc) is 3.69. The molecule has 0 radical (unpaired) electrons. The van der Waals surface area contributed by atoms with Gasteiger partial charge in [-0.2, -0.15) is 0 Å². The maximum atomic E-state index is 6.23. The first-order valence-corrected chi connectivity index (χ1v) is 19.8. The molecule has 0 spiro atoms. The topological polar surface area (TPSA) is 16.4 Å². The number of hydrogen-bond donors (Lipinski definition) is 0. The molecule has 0 aliphatic carbocycles. The van der Waals surface area contributed by atoms with Gasteiger partial charge in [-0.3, -0.25) is 0 Å². The van der Waals surface area contributed by atoms with Gasteiger partial charge >= 0.3 is 0 Å². The van der Waals surface area contributed by atoms with Crippen molar-refractivity contribution in [2.45, 2.75) is 0 Å². The Hall–Kier alpha value is -7.68. The van der Waals surface area contributed by atoms with E-state index in [4.69, 9.17) is 4.42 Å². The summed E-state index contributed by atoms with van der Waals surface area (Å²) in [5, 5.41) is 7.18. The summed E-state index contributed by atoms with van der Waals surface area (Å²) in [4.78, 5) is 2.38. The van der Waals surface area contributed by atoms with Crippen LogP contribution in [0.3, 0.4) is 0 Å². The second-order valence-electron chi connectivity index (χ2n) is 14.9. The van der Waals surface area contributed by atoms with E-state index in [1.807, 2.05) is 12.1 Å². The van der Waals surface area contributed by atoms with Crippen molar-refractivity contribution in [1.82, 2.24) is 0 Å². The third kappa shape index (κ3) is 6.00. The van der Waals surface area contributed by atoms with E-state index in [1.165, 1.54) is 71.4 Å². The van der Waals surface area contributed by atoms with Gasteiger partial charge in [0.15, 0.2) is 0 Å². The fraction of sp³-hybridized carbons (Fsp3) is 0. The van der Waals surface area contributed by atoms with E-state index in [0.717, 1.165) is 33.6 Å². The van der Waals surface area contributed by atoms with E-state index in [-0.39, 0.29) is 0 Å². The van der Waals surface area contributed by atoms with Crippen molar-refractivity contribution in [3.05, 3.63) is 224 Å². The quantitative estimate of drug-likeness (QED) is 0.162. The van der Waals surface area contributed by atoms with Gasteiger partial charge in [0.2, 0.25) is 0 Å². The molecule has 2 heteroatoms. The van der Waals surface area contributed by atoms with E-state index in [1.54, 1.807) is 0 Å². The summed E-state index contributed by atoms with van der Waals surface area (Å²) in [5.41, 5.74) is 14.5. The van der Waals surface area contributed by atoms with Gasteiger partial charge in [0.25, 0.3) is 0 Å².